The third-order valence-corrected chi connectivity index (χ3v) is 6.07. The predicted octanol–water partition coefficient (Wildman–Crippen LogP) is 4.89. The fraction of sp³-hybridized carbons (Fsp3) is 0.318. The summed E-state index contributed by atoms with van der Waals surface area (Å²) in [5.41, 5.74) is 2.42. The number of nitrogens with zero attached hydrogens (tertiary/aromatic N) is 3. The van der Waals surface area contributed by atoms with Crippen molar-refractivity contribution in [3.05, 3.63) is 47.0 Å². The van der Waals surface area contributed by atoms with Gasteiger partial charge in [-0.25, -0.2) is 4.98 Å². The van der Waals surface area contributed by atoms with Crippen LogP contribution >= 0.6 is 11.3 Å². The first-order valence-corrected chi connectivity index (χ1v) is 11.3. The summed E-state index contributed by atoms with van der Waals surface area (Å²) in [5, 5.41) is 11.2. The van der Waals surface area contributed by atoms with Crippen LogP contribution in [0.1, 0.15) is 28.8 Å². The van der Waals surface area contributed by atoms with Crippen LogP contribution in [0.25, 0.3) is 0 Å². The summed E-state index contributed by atoms with van der Waals surface area (Å²) >= 11 is 1.37. The molecule has 1 aliphatic rings. The van der Waals surface area contributed by atoms with Crippen LogP contribution in [0, 0.1) is 6.92 Å². The molecule has 0 spiro atoms. The second-order valence-electron chi connectivity index (χ2n) is 7.47. The Balaban J connectivity index is 1.59. The van der Waals surface area contributed by atoms with Crippen LogP contribution in [-0.2, 0) is 0 Å². The molecule has 1 saturated heterocycles. The van der Waals surface area contributed by atoms with Crippen molar-refractivity contribution in [2.75, 3.05) is 35.7 Å². The maximum absolute atomic E-state index is 13.1. The summed E-state index contributed by atoms with van der Waals surface area (Å²) in [4.78, 5) is 22.9. The Morgan fingerprint density at radius 3 is 2.73 bits per heavy atom. The molecule has 1 aliphatic heterocycles. The number of halogens is 2. The molecule has 0 saturated carbocycles. The fourth-order valence-electron chi connectivity index (χ4n) is 3.56. The van der Waals surface area contributed by atoms with Gasteiger partial charge in [0.25, 0.3) is 5.91 Å². The van der Waals surface area contributed by atoms with E-state index in [1.807, 2.05) is 13.0 Å². The van der Waals surface area contributed by atoms with Gasteiger partial charge in [-0.15, -0.1) is 11.3 Å². The number of thiophene rings is 1. The normalized spacial score (nSPS) is 13.3. The van der Waals surface area contributed by atoms with Gasteiger partial charge in [-0.1, -0.05) is 0 Å². The topological polar surface area (TPSA) is 91.4 Å². The van der Waals surface area contributed by atoms with Crippen molar-refractivity contribution >= 4 is 45.4 Å². The third kappa shape index (κ3) is 5.30. The maximum atomic E-state index is 13.1. The van der Waals surface area contributed by atoms with Crippen molar-refractivity contribution in [3.8, 4) is 5.75 Å². The smallest absolute Gasteiger partial charge is 0.387 e. The van der Waals surface area contributed by atoms with Crippen molar-refractivity contribution in [1.82, 2.24) is 15.3 Å². The quantitative estimate of drug-likeness (QED) is 0.428. The number of ether oxygens (including phenoxy) is 1. The summed E-state index contributed by atoms with van der Waals surface area (Å²) in [6.45, 7) is 0.642. The second kappa shape index (κ2) is 9.99. The highest BCUT2D eigenvalue weighted by atomic mass is 32.1. The molecule has 1 amide bonds. The Labute approximate surface area is 194 Å². The molecule has 3 heterocycles. The highest BCUT2D eigenvalue weighted by molar-refractivity contribution is 7.14. The van der Waals surface area contributed by atoms with E-state index < -0.39 is 6.61 Å². The molecule has 2 aromatic heterocycles. The number of anilines is 5. The number of amides is 1. The lowest BCUT2D eigenvalue weighted by Gasteiger charge is -2.20. The average Bonchev–Trinajstić information content (AvgIpc) is 3.49. The van der Waals surface area contributed by atoms with E-state index in [2.05, 4.69) is 30.8 Å². The van der Waals surface area contributed by atoms with Gasteiger partial charge in [0.05, 0.1) is 11.3 Å². The Kier molecular flexibility index (Phi) is 6.87. The predicted molar refractivity (Wildman–Crippen MR) is 126 cm³/mol. The Morgan fingerprint density at radius 2 is 2.00 bits per heavy atom. The second-order valence-corrected chi connectivity index (χ2v) is 8.39. The van der Waals surface area contributed by atoms with Gasteiger partial charge in [0, 0.05) is 43.7 Å². The van der Waals surface area contributed by atoms with Crippen LogP contribution in [0.3, 0.4) is 0 Å². The van der Waals surface area contributed by atoms with Gasteiger partial charge in [0.2, 0.25) is 5.95 Å². The first-order valence-electron chi connectivity index (χ1n) is 10.5. The van der Waals surface area contributed by atoms with Crippen molar-refractivity contribution in [1.29, 1.82) is 0 Å². The number of hydrogen-bond acceptors (Lipinski definition) is 8. The Morgan fingerprint density at radius 1 is 1.21 bits per heavy atom. The Hall–Kier alpha value is -3.47. The minimum absolute atomic E-state index is 0.0215. The highest BCUT2D eigenvalue weighted by Gasteiger charge is 2.18. The first-order chi connectivity index (χ1) is 15.9. The highest BCUT2D eigenvalue weighted by Crippen LogP contribution is 2.34. The number of aryl methyl sites for hydroxylation is 1. The van der Waals surface area contributed by atoms with E-state index in [-0.39, 0.29) is 17.6 Å². The number of rotatable bonds is 8. The molecular formula is C22H24F2N6O2S. The summed E-state index contributed by atoms with van der Waals surface area (Å²) in [7, 11) is 1.57. The van der Waals surface area contributed by atoms with E-state index in [0.717, 1.165) is 37.2 Å². The van der Waals surface area contributed by atoms with Gasteiger partial charge in [0.15, 0.2) is 5.75 Å². The molecule has 3 aromatic rings. The van der Waals surface area contributed by atoms with Gasteiger partial charge in [0.1, 0.15) is 10.8 Å². The van der Waals surface area contributed by atoms with E-state index in [4.69, 9.17) is 4.74 Å². The van der Waals surface area contributed by atoms with Gasteiger partial charge < -0.3 is 25.6 Å². The zero-order valence-electron chi connectivity index (χ0n) is 18.2. The van der Waals surface area contributed by atoms with E-state index in [1.165, 1.54) is 11.3 Å². The number of aromatic nitrogens is 2. The largest absolute Gasteiger partial charge is 0.433 e. The lowest BCUT2D eigenvalue weighted by molar-refractivity contribution is -0.0493. The molecule has 174 valence electrons. The third-order valence-electron chi connectivity index (χ3n) is 5.24. The molecule has 0 radical (unpaired) electrons. The standard InChI is InChI=1S/C22H24F2N6O2S/c1-13-12-26-22(29-18(13)28-20-15(7-10-33-20)19(31)25-2)27-16-6-5-14(30-8-3-4-9-30)11-17(16)32-21(23)24/h5-7,10-12,21H,3-4,8-9H2,1-2H3,(H,25,31)(H2,26,27,28,29). The van der Waals surface area contributed by atoms with Crippen LogP contribution in [0.4, 0.5) is 36.9 Å². The molecular weight excluding hydrogens is 450 g/mol. The molecule has 4 rings (SSSR count). The molecule has 0 bridgehead atoms. The molecule has 8 nitrogen and oxygen atoms in total. The number of carbonyl (C=O) groups is 1. The van der Waals surface area contributed by atoms with E-state index >= 15 is 0 Å². The van der Waals surface area contributed by atoms with Gasteiger partial charge in [-0.2, -0.15) is 13.8 Å². The lowest BCUT2D eigenvalue weighted by atomic mass is 10.2. The van der Waals surface area contributed by atoms with Crippen LogP contribution in [-0.4, -0.2) is 42.6 Å². The summed E-state index contributed by atoms with van der Waals surface area (Å²) in [5.74, 6) is 0.503. The number of carbonyl (C=O) groups excluding carboxylic acids is 1. The van der Waals surface area contributed by atoms with E-state index in [1.54, 1.807) is 36.8 Å². The van der Waals surface area contributed by atoms with Crippen LogP contribution in [0.2, 0.25) is 0 Å². The molecule has 0 unspecified atom stereocenters. The molecule has 3 N–H and O–H groups in total. The molecule has 1 fully saturated rings. The molecule has 11 heteroatoms. The molecule has 0 aliphatic carbocycles. The zero-order valence-corrected chi connectivity index (χ0v) is 19.0. The first kappa shape index (κ1) is 22.7. The maximum Gasteiger partial charge on any atom is 0.387 e. The van der Waals surface area contributed by atoms with Crippen LogP contribution in [0.5, 0.6) is 5.75 Å². The van der Waals surface area contributed by atoms with E-state index in [0.29, 0.717) is 22.1 Å². The average molecular weight is 475 g/mol. The number of alkyl halides is 2. The Bertz CT molecular complexity index is 1130. The summed E-state index contributed by atoms with van der Waals surface area (Å²) < 4.78 is 30.9. The number of nitrogens with one attached hydrogen (secondary N) is 3. The van der Waals surface area contributed by atoms with Crippen molar-refractivity contribution in [2.24, 2.45) is 0 Å². The molecule has 33 heavy (non-hydrogen) atoms. The lowest BCUT2D eigenvalue weighted by Crippen LogP contribution is -2.18. The number of hydrogen-bond donors (Lipinski definition) is 3. The zero-order chi connectivity index (χ0) is 23.4. The van der Waals surface area contributed by atoms with Gasteiger partial charge >= 0.3 is 6.61 Å². The van der Waals surface area contributed by atoms with Crippen molar-refractivity contribution in [2.45, 2.75) is 26.4 Å². The van der Waals surface area contributed by atoms with Crippen molar-refractivity contribution in [3.63, 3.8) is 0 Å². The molecule has 1 aromatic carbocycles. The van der Waals surface area contributed by atoms with E-state index in [9.17, 15) is 13.6 Å². The summed E-state index contributed by atoms with van der Waals surface area (Å²) in [6.07, 6.45) is 3.75. The monoisotopic (exact) mass is 474 g/mol. The minimum Gasteiger partial charge on any atom is -0.433 e. The number of benzene rings is 1. The van der Waals surface area contributed by atoms with Gasteiger partial charge in [-0.05, 0) is 43.3 Å². The van der Waals surface area contributed by atoms with Crippen LogP contribution < -0.4 is 25.6 Å². The fourth-order valence-corrected chi connectivity index (χ4v) is 4.34. The van der Waals surface area contributed by atoms with Crippen molar-refractivity contribution < 1.29 is 18.3 Å². The molecule has 0 atom stereocenters. The SMILES string of the molecule is CNC(=O)c1ccsc1Nc1nc(Nc2ccc(N3CCCC3)cc2OC(F)F)ncc1C. The minimum atomic E-state index is -2.96. The van der Waals surface area contributed by atoms with Crippen LogP contribution in [0.15, 0.2) is 35.8 Å². The summed E-state index contributed by atoms with van der Waals surface area (Å²) in [6, 6.07) is 6.87. The van der Waals surface area contributed by atoms with Gasteiger partial charge in [-0.3, -0.25) is 4.79 Å².